The number of hydrogen-bond donors (Lipinski definition) is 2. The summed E-state index contributed by atoms with van der Waals surface area (Å²) < 4.78 is 17.4. The van der Waals surface area contributed by atoms with Gasteiger partial charge in [-0.15, -0.1) is 0 Å². The van der Waals surface area contributed by atoms with E-state index in [1.165, 1.54) is 0 Å². The first-order valence-corrected chi connectivity index (χ1v) is 3.78. The lowest BCUT2D eigenvalue weighted by atomic mass is 10.2. The second kappa shape index (κ2) is 4.15. The summed E-state index contributed by atoms with van der Waals surface area (Å²) in [6.45, 7) is 3.79. The van der Waals surface area contributed by atoms with Crippen LogP contribution >= 0.6 is 0 Å². The summed E-state index contributed by atoms with van der Waals surface area (Å²) in [5.41, 5.74) is 0. The van der Waals surface area contributed by atoms with Crippen molar-refractivity contribution in [2.75, 3.05) is 13.2 Å². The molecule has 1 rings (SSSR count). The van der Waals surface area contributed by atoms with E-state index in [-0.39, 0.29) is 18.7 Å². The smallest absolute Gasteiger partial charge is 0.308 e. The van der Waals surface area contributed by atoms with E-state index in [1.807, 2.05) is 0 Å². The highest BCUT2D eigenvalue weighted by Crippen LogP contribution is 2.09. The first kappa shape index (κ1) is 9.12. The average Bonchev–Trinajstić information content (AvgIpc) is 2.47. The van der Waals surface area contributed by atoms with Crippen LogP contribution in [0.25, 0.3) is 0 Å². The molecule has 68 valence electrons. The van der Waals surface area contributed by atoms with Crippen LogP contribution < -0.4 is 5.32 Å². The van der Waals surface area contributed by atoms with Gasteiger partial charge >= 0.3 is 6.02 Å². The van der Waals surface area contributed by atoms with Crippen LogP contribution in [-0.2, 0) is 4.74 Å². The second-order valence-corrected chi connectivity index (χ2v) is 2.71. The van der Waals surface area contributed by atoms with E-state index in [1.54, 1.807) is 0 Å². The van der Waals surface area contributed by atoms with Crippen LogP contribution in [0.4, 0.5) is 4.39 Å². The van der Waals surface area contributed by atoms with E-state index in [4.69, 9.17) is 10.1 Å². The zero-order valence-corrected chi connectivity index (χ0v) is 6.72. The topological polar surface area (TPSA) is 57.5 Å². The van der Waals surface area contributed by atoms with Crippen molar-refractivity contribution in [3.05, 3.63) is 0 Å². The van der Waals surface area contributed by atoms with Gasteiger partial charge in [0.25, 0.3) is 0 Å². The maximum Gasteiger partial charge on any atom is 0.308 e. The fourth-order valence-corrected chi connectivity index (χ4v) is 1.12. The molecule has 0 saturated carbocycles. The van der Waals surface area contributed by atoms with Crippen molar-refractivity contribution < 1.29 is 9.13 Å². The zero-order chi connectivity index (χ0) is 8.97. The molecule has 1 saturated heterocycles. The summed E-state index contributed by atoms with van der Waals surface area (Å²) in [7, 11) is 0. The second-order valence-electron chi connectivity index (χ2n) is 2.71. The molecule has 0 aromatic heterocycles. The van der Waals surface area contributed by atoms with Crippen LogP contribution in [0.1, 0.15) is 6.42 Å². The van der Waals surface area contributed by atoms with Gasteiger partial charge in [-0.25, -0.2) is 14.8 Å². The molecule has 0 amide bonds. The highest BCUT2D eigenvalue weighted by Gasteiger charge is 2.23. The minimum atomic E-state index is -0.788. The SMILES string of the molecule is C=NC(=N)OCC1CC(F)CN1. The molecular formula is C7H12FN3O. The van der Waals surface area contributed by atoms with Crippen LogP contribution in [-0.4, -0.2) is 38.1 Å². The van der Waals surface area contributed by atoms with Crippen molar-refractivity contribution in [2.24, 2.45) is 4.99 Å². The number of aliphatic imine (C=N–C) groups is 1. The molecule has 0 aliphatic carbocycles. The standard InChI is InChI=1S/C7H12FN3O/c1-10-7(9)12-4-6-2-5(8)3-11-6/h5-6,9,11H,1-4H2. The van der Waals surface area contributed by atoms with E-state index in [0.717, 1.165) is 0 Å². The van der Waals surface area contributed by atoms with Gasteiger partial charge in [-0.3, -0.25) is 0 Å². The monoisotopic (exact) mass is 173 g/mol. The Labute approximate surface area is 70.3 Å². The third-order valence-corrected chi connectivity index (χ3v) is 1.73. The molecule has 0 aromatic rings. The third-order valence-electron chi connectivity index (χ3n) is 1.73. The normalized spacial score (nSPS) is 28.4. The van der Waals surface area contributed by atoms with Crippen molar-refractivity contribution in [3.63, 3.8) is 0 Å². The van der Waals surface area contributed by atoms with E-state index in [9.17, 15) is 4.39 Å². The summed E-state index contributed by atoms with van der Waals surface area (Å²) >= 11 is 0. The molecule has 1 aliphatic rings. The molecule has 0 aromatic carbocycles. The molecule has 0 radical (unpaired) electrons. The van der Waals surface area contributed by atoms with Crippen LogP contribution in [0, 0.1) is 5.41 Å². The predicted molar refractivity (Wildman–Crippen MR) is 44.5 cm³/mol. The van der Waals surface area contributed by atoms with E-state index in [2.05, 4.69) is 17.0 Å². The molecule has 5 heteroatoms. The summed E-state index contributed by atoms with van der Waals surface area (Å²) in [4.78, 5) is 3.26. The molecule has 2 atom stereocenters. The summed E-state index contributed by atoms with van der Waals surface area (Å²) in [6.07, 6.45) is -0.339. The Bertz CT molecular complexity index is 185. The van der Waals surface area contributed by atoms with Gasteiger partial charge in [0.2, 0.25) is 0 Å². The minimum Gasteiger partial charge on any atom is -0.462 e. The van der Waals surface area contributed by atoms with Crippen LogP contribution in [0.15, 0.2) is 4.99 Å². The summed E-state index contributed by atoms with van der Waals surface area (Å²) in [5, 5.41) is 9.91. The summed E-state index contributed by atoms with van der Waals surface area (Å²) in [6, 6.07) is -0.207. The third kappa shape index (κ3) is 2.58. The number of alkyl halides is 1. The van der Waals surface area contributed by atoms with Crippen molar-refractivity contribution in [3.8, 4) is 0 Å². The van der Waals surface area contributed by atoms with Crippen LogP contribution in [0.2, 0.25) is 0 Å². The summed E-state index contributed by atoms with van der Waals surface area (Å²) in [5.74, 6) is 0. The molecular weight excluding hydrogens is 161 g/mol. The Balaban J connectivity index is 2.15. The number of ether oxygens (including phenoxy) is 1. The molecule has 1 heterocycles. The van der Waals surface area contributed by atoms with Gasteiger partial charge in [-0.05, 0) is 13.1 Å². The van der Waals surface area contributed by atoms with E-state index in [0.29, 0.717) is 13.0 Å². The number of amidine groups is 1. The molecule has 12 heavy (non-hydrogen) atoms. The largest absolute Gasteiger partial charge is 0.462 e. The molecule has 2 unspecified atom stereocenters. The van der Waals surface area contributed by atoms with Gasteiger partial charge in [-0.2, -0.15) is 0 Å². The quantitative estimate of drug-likeness (QED) is 0.467. The van der Waals surface area contributed by atoms with Gasteiger partial charge in [0.1, 0.15) is 12.8 Å². The van der Waals surface area contributed by atoms with Gasteiger partial charge < -0.3 is 10.1 Å². The molecule has 0 spiro atoms. The Morgan fingerprint density at radius 1 is 1.83 bits per heavy atom. The highest BCUT2D eigenvalue weighted by molar-refractivity contribution is 5.75. The lowest BCUT2D eigenvalue weighted by Crippen LogP contribution is -2.27. The number of hydrogen-bond acceptors (Lipinski definition) is 3. The van der Waals surface area contributed by atoms with Gasteiger partial charge in [-0.1, -0.05) is 0 Å². The number of nitrogens with zero attached hydrogens (tertiary/aromatic N) is 1. The molecule has 1 aliphatic heterocycles. The number of nitrogens with one attached hydrogen (secondary N) is 2. The molecule has 4 nitrogen and oxygen atoms in total. The Kier molecular flexibility index (Phi) is 3.16. The number of halogens is 1. The molecule has 1 fully saturated rings. The van der Waals surface area contributed by atoms with E-state index >= 15 is 0 Å². The predicted octanol–water partition coefficient (Wildman–Crippen LogP) is 0.338. The Hall–Kier alpha value is -0.970. The van der Waals surface area contributed by atoms with Crippen molar-refractivity contribution in [1.82, 2.24) is 5.32 Å². The first-order chi connectivity index (χ1) is 5.72. The maximum absolute atomic E-state index is 12.6. The van der Waals surface area contributed by atoms with Crippen molar-refractivity contribution >= 4 is 12.7 Å². The van der Waals surface area contributed by atoms with Gasteiger partial charge in [0.15, 0.2) is 0 Å². The average molecular weight is 173 g/mol. The van der Waals surface area contributed by atoms with Crippen molar-refractivity contribution in [1.29, 1.82) is 5.41 Å². The zero-order valence-electron chi connectivity index (χ0n) is 6.72. The van der Waals surface area contributed by atoms with Gasteiger partial charge in [0.05, 0.1) is 0 Å². The first-order valence-electron chi connectivity index (χ1n) is 3.78. The number of rotatable bonds is 2. The fraction of sp³-hybridized carbons (Fsp3) is 0.714. The molecule has 2 N–H and O–H groups in total. The maximum atomic E-state index is 12.6. The lowest BCUT2D eigenvalue weighted by molar-refractivity contribution is 0.252. The molecule has 0 bridgehead atoms. The fourth-order valence-electron chi connectivity index (χ4n) is 1.12. The van der Waals surface area contributed by atoms with Crippen molar-refractivity contribution in [2.45, 2.75) is 18.6 Å². The Morgan fingerprint density at radius 3 is 3.08 bits per heavy atom. The van der Waals surface area contributed by atoms with Gasteiger partial charge in [0, 0.05) is 12.6 Å². The minimum absolute atomic E-state index is 0.00194. The highest BCUT2D eigenvalue weighted by atomic mass is 19.1. The Morgan fingerprint density at radius 2 is 2.58 bits per heavy atom. The van der Waals surface area contributed by atoms with Crippen LogP contribution in [0.5, 0.6) is 0 Å². The lowest BCUT2D eigenvalue weighted by Gasteiger charge is -2.09. The van der Waals surface area contributed by atoms with Crippen LogP contribution in [0.3, 0.4) is 0 Å². The van der Waals surface area contributed by atoms with E-state index < -0.39 is 6.17 Å².